The SMILES string of the molecule is CCNC(=O)C(=O)Nc1ncn[nH]1. The van der Waals surface area contributed by atoms with Crippen molar-refractivity contribution >= 4 is 17.8 Å². The summed E-state index contributed by atoms with van der Waals surface area (Å²) in [5.74, 6) is -1.31. The van der Waals surface area contributed by atoms with Crippen molar-refractivity contribution in [2.45, 2.75) is 6.92 Å². The topological polar surface area (TPSA) is 99.8 Å². The Hall–Kier alpha value is -1.92. The number of carbonyl (C=O) groups excluding carboxylic acids is 2. The maximum Gasteiger partial charge on any atom is 0.316 e. The van der Waals surface area contributed by atoms with Gasteiger partial charge < -0.3 is 5.32 Å². The summed E-state index contributed by atoms with van der Waals surface area (Å²) in [5.41, 5.74) is 0. The first-order valence-electron chi connectivity index (χ1n) is 3.68. The van der Waals surface area contributed by atoms with Crippen molar-refractivity contribution in [1.29, 1.82) is 0 Å². The molecule has 13 heavy (non-hydrogen) atoms. The standard InChI is InChI=1S/C6H9N5O2/c1-2-7-4(12)5(13)10-6-8-3-9-11-6/h3H,2H2,1H3,(H,7,12)(H2,8,9,10,11,13). The van der Waals surface area contributed by atoms with Gasteiger partial charge in [0.2, 0.25) is 5.95 Å². The third kappa shape index (κ3) is 2.55. The second-order valence-electron chi connectivity index (χ2n) is 2.15. The Labute approximate surface area is 73.9 Å². The number of hydrogen-bond acceptors (Lipinski definition) is 4. The maximum atomic E-state index is 11.0. The Kier molecular flexibility index (Phi) is 2.96. The van der Waals surface area contributed by atoms with Crippen LogP contribution >= 0.6 is 0 Å². The summed E-state index contributed by atoms with van der Waals surface area (Å²) >= 11 is 0. The molecule has 0 bridgehead atoms. The highest BCUT2D eigenvalue weighted by atomic mass is 16.2. The molecule has 0 aliphatic heterocycles. The van der Waals surface area contributed by atoms with E-state index in [1.165, 1.54) is 6.33 Å². The van der Waals surface area contributed by atoms with Gasteiger partial charge in [0.25, 0.3) is 0 Å². The van der Waals surface area contributed by atoms with Crippen LogP contribution in [0.15, 0.2) is 6.33 Å². The van der Waals surface area contributed by atoms with Crippen LogP contribution in [0, 0.1) is 0 Å². The molecule has 0 saturated carbocycles. The van der Waals surface area contributed by atoms with E-state index in [2.05, 4.69) is 25.8 Å². The highest BCUT2D eigenvalue weighted by Crippen LogP contribution is 1.90. The van der Waals surface area contributed by atoms with Crippen molar-refractivity contribution in [2.75, 3.05) is 11.9 Å². The van der Waals surface area contributed by atoms with Gasteiger partial charge in [0.1, 0.15) is 6.33 Å². The van der Waals surface area contributed by atoms with E-state index in [0.717, 1.165) is 0 Å². The van der Waals surface area contributed by atoms with E-state index in [-0.39, 0.29) is 5.95 Å². The normalized spacial score (nSPS) is 9.31. The number of carbonyl (C=O) groups is 2. The first kappa shape index (κ1) is 9.17. The first-order valence-corrected chi connectivity index (χ1v) is 3.68. The fraction of sp³-hybridized carbons (Fsp3) is 0.333. The monoisotopic (exact) mass is 183 g/mol. The Morgan fingerprint density at radius 3 is 2.85 bits per heavy atom. The Balaban J connectivity index is 2.46. The summed E-state index contributed by atoms with van der Waals surface area (Å²) < 4.78 is 0. The molecule has 1 aromatic rings. The van der Waals surface area contributed by atoms with Crippen molar-refractivity contribution < 1.29 is 9.59 Å². The molecule has 0 spiro atoms. The number of nitrogens with zero attached hydrogens (tertiary/aromatic N) is 2. The lowest BCUT2D eigenvalue weighted by molar-refractivity contribution is -0.136. The zero-order valence-electron chi connectivity index (χ0n) is 7.00. The Morgan fingerprint density at radius 1 is 1.54 bits per heavy atom. The van der Waals surface area contributed by atoms with E-state index in [4.69, 9.17) is 0 Å². The van der Waals surface area contributed by atoms with Gasteiger partial charge in [-0.25, -0.2) is 5.10 Å². The van der Waals surface area contributed by atoms with Gasteiger partial charge in [0, 0.05) is 6.54 Å². The highest BCUT2D eigenvalue weighted by molar-refractivity contribution is 6.39. The number of aromatic amines is 1. The minimum absolute atomic E-state index is 0.149. The van der Waals surface area contributed by atoms with Crippen LogP contribution in [0.5, 0.6) is 0 Å². The summed E-state index contributed by atoms with van der Waals surface area (Å²) in [4.78, 5) is 25.5. The van der Waals surface area contributed by atoms with Gasteiger partial charge in [-0.05, 0) is 6.92 Å². The van der Waals surface area contributed by atoms with E-state index >= 15 is 0 Å². The molecule has 0 aliphatic rings. The molecule has 0 aliphatic carbocycles. The summed E-state index contributed by atoms with van der Waals surface area (Å²) in [5, 5.41) is 10.5. The smallest absolute Gasteiger partial charge is 0.316 e. The summed E-state index contributed by atoms with van der Waals surface area (Å²) in [6, 6.07) is 0. The molecule has 2 amide bonds. The number of H-pyrrole nitrogens is 1. The predicted molar refractivity (Wildman–Crippen MR) is 43.7 cm³/mol. The molecule has 1 aromatic heterocycles. The molecule has 0 fully saturated rings. The van der Waals surface area contributed by atoms with Gasteiger partial charge in [0.15, 0.2) is 0 Å². The molecular weight excluding hydrogens is 174 g/mol. The summed E-state index contributed by atoms with van der Waals surface area (Å²) in [6.07, 6.45) is 1.23. The van der Waals surface area contributed by atoms with Crippen LogP contribution in [0.25, 0.3) is 0 Å². The maximum absolute atomic E-state index is 11.0. The van der Waals surface area contributed by atoms with Crippen LogP contribution < -0.4 is 10.6 Å². The van der Waals surface area contributed by atoms with Crippen LogP contribution in [0.4, 0.5) is 5.95 Å². The second kappa shape index (κ2) is 4.19. The van der Waals surface area contributed by atoms with Gasteiger partial charge in [0.05, 0.1) is 0 Å². The van der Waals surface area contributed by atoms with Gasteiger partial charge in [-0.3, -0.25) is 14.9 Å². The van der Waals surface area contributed by atoms with E-state index in [1.54, 1.807) is 6.92 Å². The molecule has 1 rings (SSSR count). The number of rotatable bonds is 2. The molecule has 70 valence electrons. The zero-order chi connectivity index (χ0) is 9.68. The van der Waals surface area contributed by atoms with Crippen molar-refractivity contribution in [3.63, 3.8) is 0 Å². The van der Waals surface area contributed by atoms with Crippen molar-refractivity contribution in [1.82, 2.24) is 20.5 Å². The lowest BCUT2D eigenvalue weighted by Gasteiger charge is -2.00. The molecule has 1 heterocycles. The average molecular weight is 183 g/mol. The van der Waals surface area contributed by atoms with Crippen LogP contribution in [0.3, 0.4) is 0 Å². The third-order valence-electron chi connectivity index (χ3n) is 1.19. The van der Waals surface area contributed by atoms with E-state index in [0.29, 0.717) is 6.54 Å². The second-order valence-corrected chi connectivity index (χ2v) is 2.15. The number of nitrogens with one attached hydrogen (secondary N) is 3. The van der Waals surface area contributed by atoms with Crippen LogP contribution in [-0.4, -0.2) is 33.5 Å². The minimum atomic E-state index is -0.765. The van der Waals surface area contributed by atoms with E-state index in [9.17, 15) is 9.59 Å². The van der Waals surface area contributed by atoms with Gasteiger partial charge in [-0.1, -0.05) is 0 Å². The number of aromatic nitrogens is 3. The molecule has 0 atom stereocenters. The van der Waals surface area contributed by atoms with Crippen LogP contribution in [-0.2, 0) is 9.59 Å². The minimum Gasteiger partial charge on any atom is -0.348 e. The largest absolute Gasteiger partial charge is 0.348 e. The lowest BCUT2D eigenvalue weighted by Crippen LogP contribution is -2.35. The van der Waals surface area contributed by atoms with Gasteiger partial charge in [-0.15, -0.1) is 0 Å². The average Bonchev–Trinajstić information content (AvgIpc) is 2.57. The fourth-order valence-corrected chi connectivity index (χ4v) is 0.671. The fourth-order valence-electron chi connectivity index (χ4n) is 0.671. The number of amides is 2. The van der Waals surface area contributed by atoms with Crippen molar-refractivity contribution in [2.24, 2.45) is 0 Å². The lowest BCUT2D eigenvalue weighted by atomic mass is 10.5. The number of hydrogen-bond donors (Lipinski definition) is 3. The molecule has 0 radical (unpaired) electrons. The van der Waals surface area contributed by atoms with Crippen LogP contribution in [0.2, 0.25) is 0 Å². The van der Waals surface area contributed by atoms with Crippen molar-refractivity contribution in [3.8, 4) is 0 Å². The zero-order valence-corrected chi connectivity index (χ0v) is 7.00. The Morgan fingerprint density at radius 2 is 2.31 bits per heavy atom. The molecule has 0 aromatic carbocycles. The first-order chi connectivity index (χ1) is 6.24. The summed E-state index contributed by atoms with van der Waals surface area (Å²) in [6.45, 7) is 2.13. The molecule has 0 saturated heterocycles. The quantitative estimate of drug-likeness (QED) is 0.505. The van der Waals surface area contributed by atoms with E-state index < -0.39 is 11.8 Å². The van der Waals surface area contributed by atoms with Gasteiger partial charge in [-0.2, -0.15) is 10.1 Å². The highest BCUT2D eigenvalue weighted by Gasteiger charge is 2.12. The van der Waals surface area contributed by atoms with Gasteiger partial charge >= 0.3 is 11.8 Å². The third-order valence-corrected chi connectivity index (χ3v) is 1.19. The summed E-state index contributed by atoms with van der Waals surface area (Å²) in [7, 11) is 0. The van der Waals surface area contributed by atoms with Crippen molar-refractivity contribution in [3.05, 3.63) is 6.33 Å². The Bertz CT molecular complexity index is 294. The molecule has 0 unspecified atom stereocenters. The number of anilines is 1. The molecule has 7 nitrogen and oxygen atoms in total. The number of likely N-dealkylation sites (N-methyl/N-ethyl adjacent to an activating group) is 1. The molecular formula is C6H9N5O2. The van der Waals surface area contributed by atoms with Crippen LogP contribution in [0.1, 0.15) is 6.92 Å². The van der Waals surface area contributed by atoms with E-state index in [1.807, 2.05) is 0 Å². The predicted octanol–water partition coefficient (Wildman–Crippen LogP) is -1.12. The molecule has 7 heteroatoms. The molecule has 3 N–H and O–H groups in total.